The fraction of sp³-hybridized carbons (Fsp3) is 0.429. The third kappa shape index (κ3) is 2.68. The number of rotatable bonds is 1. The summed E-state index contributed by atoms with van der Waals surface area (Å²) in [5.74, 6) is -1.32. The van der Waals surface area contributed by atoms with Crippen LogP contribution in [0, 0.1) is 22.6 Å². The lowest BCUT2D eigenvalue weighted by Gasteiger charge is -2.35. The number of likely N-dealkylation sites (tertiary alicyclic amines) is 1. The molecule has 1 aromatic rings. The number of carbonyl (C=O) groups excluding carboxylic acids is 1. The largest absolute Gasteiger partial charge is 0.508 e. The van der Waals surface area contributed by atoms with E-state index in [1.54, 1.807) is 4.90 Å². The van der Waals surface area contributed by atoms with Gasteiger partial charge in [0.1, 0.15) is 11.6 Å². The van der Waals surface area contributed by atoms with Gasteiger partial charge < -0.3 is 10.0 Å². The highest BCUT2D eigenvalue weighted by Gasteiger charge is 2.32. The van der Waals surface area contributed by atoms with Crippen LogP contribution in [0.2, 0.25) is 0 Å². The lowest BCUT2D eigenvalue weighted by atomic mass is 9.82. The highest BCUT2D eigenvalue weighted by Crippen LogP contribution is 2.30. The van der Waals surface area contributed by atoms with Crippen molar-refractivity contribution in [2.24, 2.45) is 5.41 Å². The number of amides is 1. The molecule has 0 spiro atoms. The summed E-state index contributed by atoms with van der Waals surface area (Å²) in [6.45, 7) is 2.77. The topological polar surface area (TPSA) is 64.3 Å². The molecule has 100 valence electrons. The van der Waals surface area contributed by atoms with E-state index in [1.807, 2.05) is 6.92 Å². The van der Waals surface area contributed by atoms with Crippen LogP contribution in [0.5, 0.6) is 5.75 Å². The average molecular weight is 262 g/mol. The summed E-state index contributed by atoms with van der Waals surface area (Å²) < 4.78 is 13.6. The van der Waals surface area contributed by atoms with Crippen LogP contribution >= 0.6 is 0 Å². The van der Waals surface area contributed by atoms with Gasteiger partial charge >= 0.3 is 0 Å². The Balaban J connectivity index is 2.12. The standard InChI is InChI=1S/C14H15FN2O2/c1-14(9-16)4-6-17(7-5-14)13(19)11-3-2-10(18)8-12(11)15/h2-3,8,18H,4-7H2,1H3. The van der Waals surface area contributed by atoms with Crippen molar-refractivity contribution in [1.29, 1.82) is 5.26 Å². The maximum Gasteiger partial charge on any atom is 0.256 e. The van der Waals surface area contributed by atoms with Gasteiger partial charge in [0, 0.05) is 19.2 Å². The van der Waals surface area contributed by atoms with Crippen LogP contribution in [0.4, 0.5) is 4.39 Å². The molecule has 1 aromatic carbocycles. The lowest BCUT2D eigenvalue weighted by Crippen LogP contribution is -2.41. The first-order valence-electron chi connectivity index (χ1n) is 6.14. The molecule has 5 heteroatoms. The second-order valence-corrected chi connectivity index (χ2v) is 5.13. The monoisotopic (exact) mass is 262 g/mol. The van der Waals surface area contributed by atoms with Crippen LogP contribution in [0.25, 0.3) is 0 Å². The third-order valence-electron chi connectivity index (χ3n) is 3.61. The second-order valence-electron chi connectivity index (χ2n) is 5.13. The predicted octanol–water partition coefficient (Wildman–Crippen LogP) is 2.30. The molecule has 1 amide bonds. The summed E-state index contributed by atoms with van der Waals surface area (Å²) in [4.78, 5) is 13.7. The van der Waals surface area contributed by atoms with E-state index in [-0.39, 0.29) is 11.3 Å². The summed E-state index contributed by atoms with van der Waals surface area (Å²) >= 11 is 0. The van der Waals surface area contributed by atoms with Gasteiger partial charge in [-0.25, -0.2) is 4.39 Å². The van der Waals surface area contributed by atoms with Gasteiger partial charge in [0.2, 0.25) is 0 Å². The van der Waals surface area contributed by atoms with Gasteiger partial charge in [-0.15, -0.1) is 0 Å². The van der Waals surface area contributed by atoms with E-state index < -0.39 is 17.1 Å². The first-order chi connectivity index (χ1) is 8.95. The van der Waals surface area contributed by atoms with Crippen LogP contribution in [0.3, 0.4) is 0 Å². The molecule has 0 atom stereocenters. The van der Waals surface area contributed by atoms with Gasteiger partial charge in [0.25, 0.3) is 5.91 Å². The molecule has 0 radical (unpaired) electrons. The molecular weight excluding hydrogens is 247 g/mol. The number of hydrogen-bond acceptors (Lipinski definition) is 3. The first kappa shape index (κ1) is 13.3. The molecule has 2 rings (SSSR count). The van der Waals surface area contributed by atoms with Crippen molar-refractivity contribution in [3.63, 3.8) is 0 Å². The number of nitrogens with zero attached hydrogens (tertiary/aromatic N) is 2. The van der Waals surface area contributed by atoms with Gasteiger partial charge in [-0.05, 0) is 31.9 Å². The first-order valence-corrected chi connectivity index (χ1v) is 6.14. The van der Waals surface area contributed by atoms with Gasteiger partial charge in [-0.2, -0.15) is 5.26 Å². The maximum atomic E-state index is 13.6. The molecule has 1 saturated heterocycles. The van der Waals surface area contributed by atoms with E-state index in [2.05, 4.69) is 6.07 Å². The fourth-order valence-electron chi connectivity index (χ4n) is 2.16. The van der Waals surface area contributed by atoms with Crippen molar-refractivity contribution >= 4 is 5.91 Å². The Labute approximate surface area is 111 Å². The number of phenols is 1. The zero-order chi connectivity index (χ0) is 14.0. The average Bonchev–Trinajstić information content (AvgIpc) is 2.39. The number of halogens is 1. The summed E-state index contributed by atoms with van der Waals surface area (Å²) in [5.41, 5.74) is -0.442. The summed E-state index contributed by atoms with van der Waals surface area (Å²) in [5, 5.41) is 18.2. The quantitative estimate of drug-likeness (QED) is 0.844. The van der Waals surface area contributed by atoms with Crippen LogP contribution in [0.15, 0.2) is 18.2 Å². The minimum Gasteiger partial charge on any atom is -0.508 e. The van der Waals surface area contributed by atoms with E-state index in [0.717, 1.165) is 6.07 Å². The molecule has 1 fully saturated rings. The Morgan fingerprint density at radius 2 is 2.11 bits per heavy atom. The smallest absolute Gasteiger partial charge is 0.256 e. The summed E-state index contributed by atoms with van der Waals surface area (Å²) in [6.07, 6.45) is 1.18. The lowest BCUT2D eigenvalue weighted by molar-refractivity contribution is 0.0657. The molecular formula is C14H15FN2O2. The molecule has 1 aliphatic rings. The highest BCUT2D eigenvalue weighted by atomic mass is 19.1. The number of piperidine rings is 1. The van der Waals surface area contributed by atoms with Gasteiger partial charge in [0.05, 0.1) is 17.0 Å². The number of benzene rings is 1. The molecule has 1 N–H and O–H groups in total. The minimum absolute atomic E-state index is 0.0432. The van der Waals surface area contributed by atoms with Gasteiger partial charge in [0.15, 0.2) is 0 Å². The maximum absolute atomic E-state index is 13.6. The molecule has 0 saturated carbocycles. The number of aromatic hydroxyl groups is 1. The van der Waals surface area contributed by atoms with Crippen LogP contribution in [-0.2, 0) is 0 Å². The van der Waals surface area contributed by atoms with E-state index in [4.69, 9.17) is 10.4 Å². The molecule has 4 nitrogen and oxygen atoms in total. The van der Waals surface area contributed by atoms with E-state index in [0.29, 0.717) is 25.9 Å². The zero-order valence-electron chi connectivity index (χ0n) is 10.7. The summed E-state index contributed by atoms with van der Waals surface area (Å²) in [6, 6.07) is 5.75. The van der Waals surface area contributed by atoms with Crippen molar-refractivity contribution < 1.29 is 14.3 Å². The number of phenolic OH excluding ortho intramolecular Hbond substituents is 1. The highest BCUT2D eigenvalue weighted by molar-refractivity contribution is 5.94. The molecule has 19 heavy (non-hydrogen) atoms. The van der Waals surface area contributed by atoms with Crippen LogP contribution < -0.4 is 0 Å². The van der Waals surface area contributed by atoms with Crippen molar-refractivity contribution in [3.8, 4) is 11.8 Å². The van der Waals surface area contributed by atoms with Crippen LogP contribution in [0.1, 0.15) is 30.1 Å². The molecule has 0 unspecified atom stereocenters. The number of hydrogen-bond donors (Lipinski definition) is 1. The van der Waals surface area contributed by atoms with Crippen molar-refractivity contribution in [3.05, 3.63) is 29.6 Å². The van der Waals surface area contributed by atoms with Crippen molar-refractivity contribution in [2.75, 3.05) is 13.1 Å². The van der Waals surface area contributed by atoms with E-state index >= 15 is 0 Å². The summed E-state index contributed by atoms with van der Waals surface area (Å²) in [7, 11) is 0. The Kier molecular flexibility index (Phi) is 3.43. The van der Waals surface area contributed by atoms with Gasteiger partial charge in [-0.3, -0.25) is 4.79 Å². The SMILES string of the molecule is CC1(C#N)CCN(C(=O)c2ccc(O)cc2F)CC1. The fourth-order valence-corrected chi connectivity index (χ4v) is 2.16. The predicted molar refractivity (Wildman–Crippen MR) is 66.9 cm³/mol. The van der Waals surface area contributed by atoms with Crippen LogP contribution in [-0.4, -0.2) is 29.0 Å². The Hall–Kier alpha value is -2.09. The Morgan fingerprint density at radius 1 is 1.47 bits per heavy atom. The molecule has 0 bridgehead atoms. The molecule has 0 aromatic heterocycles. The number of nitriles is 1. The molecule has 1 heterocycles. The number of carbonyl (C=O) groups is 1. The Morgan fingerprint density at radius 3 is 2.63 bits per heavy atom. The van der Waals surface area contributed by atoms with Crippen molar-refractivity contribution in [1.82, 2.24) is 4.90 Å². The normalized spacial score (nSPS) is 17.8. The Bertz CT molecular complexity index is 543. The molecule has 1 aliphatic heterocycles. The zero-order valence-corrected chi connectivity index (χ0v) is 10.7. The van der Waals surface area contributed by atoms with E-state index in [1.165, 1.54) is 12.1 Å². The third-order valence-corrected chi connectivity index (χ3v) is 3.61. The minimum atomic E-state index is -0.724. The van der Waals surface area contributed by atoms with Gasteiger partial charge in [-0.1, -0.05) is 0 Å². The van der Waals surface area contributed by atoms with Crippen molar-refractivity contribution in [2.45, 2.75) is 19.8 Å². The van der Waals surface area contributed by atoms with E-state index in [9.17, 15) is 9.18 Å². The second kappa shape index (κ2) is 4.88. The molecule has 0 aliphatic carbocycles.